The first-order chi connectivity index (χ1) is 42.7. The van der Waals surface area contributed by atoms with Gasteiger partial charge in [-0.3, -0.25) is 0 Å². The van der Waals surface area contributed by atoms with E-state index in [1.165, 1.54) is 123 Å². The molecular formula is C84H70N4. The number of anilines is 12. The standard InChI is InChI=1S/C84H70N4/c1-81(2)65-33-21-23-35-73(65)85(61-25-13-9-14-26-61)75-43-37-55(49-67(75)81)57-39-45-77-69(51-57)83(5,6)71-53-59(41-47-79(71)87(77)63-29-17-11-18-30-63)60-42-48-80-72(54-60)84(7,8)70-52-58(40-46-78(70)88(80)64-31-19-12-20-32-64)56-38-44-76-68(50-56)82(3,4)66-34-22-24-36-74(66)86(76)62-27-15-10-16-28-62/h9-54H,1-8H3. The van der Waals surface area contributed by atoms with Gasteiger partial charge < -0.3 is 19.6 Å². The predicted molar refractivity (Wildman–Crippen MR) is 370 cm³/mol. The van der Waals surface area contributed by atoms with Crippen molar-refractivity contribution in [2.24, 2.45) is 0 Å². The summed E-state index contributed by atoms with van der Waals surface area (Å²) in [6, 6.07) is 104. The van der Waals surface area contributed by atoms with E-state index in [0.717, 1.165) is 22.7 Å². The maximum absolute atomic E-state index is 2.49. The number of fused-ring (bicyclic) bond motifs is 8. The molecule has 88 heavy (non-hydrogen) atoms. The smallest absolute Gasteiger partial charge is 0.0503 e. The molecule has 0 bridgehead atoms. The van der Waals surface area contributed by atoms with Crippen molar-refractivity contribution in [3.63, 3.8) is 0 Å². The van der Waals surface area contributed by atoms with Gasteiger partial charge in [-0.25, -0.2) is 0 Å². The summed E-state index contributed by atoms with van der Waals surface area (Å²) in [7, 11) is 0. The van der Waals surface area contributed by atoms with Gasteiger partial charge in [0.05, 0.1) is 45.5 Å². The SMILES string of the molecule is CC1(C)c2ccccc2N(c2ccccc2)c2ccc(-c3ccc4c(c3)C(C)(C)c3cc(-c5ccc6c(c5)C(C)(C)c5cc(-c7ccc8c(c7)C(C)(C)c7ccccc7N8c7ccccc7)ccc5N6c5ccccc5)ccc3N4c3ccccc3)cc21. The summed E-state index contributed by atoms with van der Waals surface area (Å²) in [4.78, 5) is 9.85. The van der Waals surface area contributed by atoms with Crippen molar-refractivity contribution in [3.8, 4) is 33.4 Å². The van der Waals surface area contributed by atoms with Crippen molar-refractivity contribution in [2.75, 3.05) is 19.6 Å². The highest BCUT2D eigenvalue weighted by Crippen LogP contribution is 2.59. The molecule has 0 atom stereocenters. The second-order valence-electron chi connectivity index (χ2n) is 26.6. The molecule has 4 nitrogen and oxygen atoms in total. The molecule has 0 N–H and O–H groups in total. The molecule has 12 aromatic rings. The highest BCUT2D eigenvalue weighted by atomic mass is 15.2. The quantitative estimate of drug-likeness (QED) is 0.158. The lowest BCUT2D eigenvalue weighted by atomic mass is 9.70. The van der Waals surface area contributed by atoms with Crippen molar-refractivity contribution < 1.29 is 0 Å². The van der Waals surface area contributed by atoms with Crippen molar-refractivity contribution in [2.45, 2.75) is 77.0 Å². The zero-order chi connectivity index (χ0) is 59.8. The van der Waals surface area contributed by atoms with Crippen molar-refractivity contribution in [1.29, 1.82) is 0 Å². The molecule has 4 heterocycles. The number of rotatable bonds is 7. The van der Waals surface area contributed by atoms with E-state index >= 15 is 0 Å². The number of hydrogen-bond acceptors (Lipinski definition) is 4. The van der Waals surface area contributed by atoms with E-state index in [1.54, 1.807) is 0 Å². The zero-order valence-corrected chi connectivity index (χ0v) is 51.3. The van der Waals surface area contributed by atoms with E-state index in [-0.39, 0.29) is 21.7 Å². The molecule has 0 aliphatic carbocycles. The molecule has 0 fully saturated rings. The summed E-state index contributed by atoms with van der Waals surface area (Å²) < 4.78 is 0. The molecular weight excluding hydrogens is 1060 g/mol. The lowest BCUT2D eigenvalue weighted by Gasteiger charge is -2.43. The summed E-state index contributed by atoms with van der Waals surface area (Å²) in [5, 5.41) is 0. The van der Waals surface area contributed by atoms with Crippen LogP contribution in [0.2, 0.25) is 0 Å². The Morgan fingerprint density at radius 2 is 0.341 bits per heavy atom. The molecule has 4 aliphatic heterocycles. The highest BCUT2D eigenvalue weighted by molar-refractivity contribution is 5.94. The molecule has 0 aromatic heterocycles. The fourth-order valence-corrected chi connectivity index (χ4v) is 15.4. The third kappa shape index (κ3) is 8.04. The summed E-state index contributed by atoms with van der Waals surface area (Å²) in [6.07, 6.45) is 0. The molecule has 0 radical (unpaired) electrons. The van der Waals surface area contributed by atoms with Crippen LogP contribution in [0, 0.1) is 0 Å². The largest absolute Gasteiger partial charge is 0.310 e. The average Bonchev–Trinajstić information content (AvgIpc) is 0.783. The third-order valence-electron chi connectivity index (χ3n) is 20.2. The topological polar surface area (TPSA) is 13.0 Å². The van der Waals surface area contributed by atoms with Gasteiger partial charge in [0.2, 0.25) is 0 Å². The van der Waals surface area contributed by atoms with Crippen LogP contribution in [0.4, 0.5) is 68.2 Å². The molecule has 0 saturated carbocycles. The van der Waals surface area contributed by atoms with Crippen LogP contribution in [0.3, 0.4) is 0 Å². The minimum absolute atomic E-state index is 0.223. The molecule has 0 unspecified atom stereocenters. The molecule has 0 saturated heterocycles. The van der Waals surface area contributed by atoms with Crippen LogP contribution < -0.4 is 19.6 Å². The van der Waals surface area contributed by atoms with E-state index in [4.69, 9.17) is 0 Å². The van der Waals surface area contributed by atoms with E-state index < -0.39 is 0 Å². The first kappa shape index (κ1) is 53.3. The van der Waals surface area contributed by atoms with E-state index in [0.29, 0.717) is 0 Å². The maximum Gasteiger partial charge on any atom is 0.0503 e. The molecule has 426 valence electrons. The van der Waals surface area contributed by atoms with Crippen LogP contribution in [0.15, 0.2) is 279 Å². The molecule has 16 rings (SSSR count). The second kappa shape index (κ2) is 19.7. The molecule has 4 heteroatoms. The Hall–Kier alpha value is -10.2. The second-order valence-corrected chi connectivity index (χ2v) is 26.6. The van der Waals surface area contributed by atoms with E-state index in [1.807, 2.05) is 0 Å². The number of nitrogens with zero attached hydrogens (tertiary/aromatic N) is 4. The summed E-state index contributed by atoms with van der Waals surface area (Å²) >= 11 is 0. The summed E-state index contributed by atoms with van der Waals surface area (Å²) in [6.45, 7) is 19.2. The fraction of sp³-hybridized carbons (Fsp3) is 0.143. The Morgan fingerprint density at radius 1 is 0.170 bits per heavy atom. The predicted octanol–water partition coefficient (Wildman–Crippen LogP) is 23.1. The lowest BCUT2D eigenvalue weighted by molar-refractivity contribution is 0.630. The van der Waals surface area contributed by atoms with Crippen molar-refractivity contribution >= 4 is 68.2 Å². The van der Waals surface area contributed by atoms with Gasteiger partial charge in [-0.2, -0.15) is 0 Å². The Labute approximate surface area is 518 Å². The third-order valence-corrected chi connectivity index (χ3v) is 20.2. The number of para-hydroxylation sites is 6. The lowest BCUT2D eigenvalue weighted by Crippen LogP contribution is -2.31. The highest BCUT2D eigenvalue weighted by Gasteiger charge is 2.42. The van der Waals surface area contributed by atoms with Crippen LogP contribution in [0.5, 0.6) is 0 Å². The minimum atomic E-state index is -0.361. The molecule has 4 aliphatic rings. The maximum atomic E-state index is 2.49. The van der Waals surface area contributed by atoms with Crippen LogP contribution in [-0.2, 0) is 21.7 Å². The van der Waals surface area contributed by atoms with E-state index in [9.17, 15) is 0 Å². The fourth-order valence-electron chi connectivity index (χ4n) is 15.4. The Kier molecular flexibility index (Phi) is 11.9. The number of benzene rings is 12. The first-order valence-electron chi connectivity index (χ1n) is 31.2. The molecule has 0 amide bonds. The van der Waals surface area contributed by atoms with Gasteiger partial charge in [0, 0.05) is 44.4 Å². The van der Waals surface area contributed by atoms with Crippen molar-refractivity contribution in [3.05, 3.63) is 324 Å². The Balaban J connectivity index is 0.798. The van der Waals surface area contributed by atoms with Gasteiger partial charge in [-0.15, -0.1) is 0 Å². The van der Waals surface area contributed by atoms with Crippen molar-refractivity contribution in [1.82, 2.24) is 0 Å². The normalized spacial score (nSPS) is 15.8. The van der Waals surface area contributed by atoms with Crippen LogP contribution in [0.25, 0.3) is 33.4 Å². The van der Waals surface area contributed by atoms with Gasteiger partial charge in [0.1, 0.15) is 0 Å². The first-order valence-corrected chi connectivity index (χ1v) is 31.2. The van der Waals surface area contributed by atoms with E-state index in [2.05, 4.69) is 354 Å². The van der Waals surface area contributed by atoms with Gasteiger partial charge in [-0.05, 0) is 211 Å². The minimum Gasteiger partial charge on any atom is -0.310 e. The Morgan fingerprint density at radius 3 is 0.557 bits per heavy atom. The zero-order valence-electron chi connectivity index (χ0n) is 51.3. The Bertz CT molecular complexity index is 4450. The molecule has 0 spiro atoms. The number of hydrogen-bond donors (Lipinski definition) is 0. The average molecular weight is 1140 g/mol. The van der Waals surface area contributed by atoms with Crippen LogP contribution in [-0.4, -0.2) is 0 Å². The molecule has 12 aromatic carbocycles. The van der Waals surface area contributed by atoms with Gasteiger partial charge in [-0.1, -0.05) is 201 Å². The van der Waals surface area contributed by atoms with Gasteiger partial charge in [0.25, 0.3) is 0 Å². The van der Waals surface area contributed by atoms with Gasteiger partial charge >= 0.3 is 0 Å². The van der Waals surface area contributed by atoms with Crippen LogP contribution >= 0.6 is 0 Å². The van der Waals surface area contributed by atoms with Gasteiger partial charge in [0.15, 0.2) is 0 Å². The van der Waals surface area contributed by atoms with Crippen LogP contribution in [0.1, 0.15) is 99.9 Å². The monoisotopic (exact) mass is 1130 g/mol. The summed E-state index contributed by atoms with van der Waals surface area (Å²) in [5.41, 5.74) is 30.9. The summed E-state index contributed by atoms with van der Waals surface area (Å²) in [5.74, 6) is 0.